The molecule has 0 unspecified atom stereocenters. The first kappa shape index (κ1) is 21.1. The number of benzene rings is 2. The van der Waals surface area contributed by atoms with Crippen molar-refractivity contribution in [3.8, 4) is 5.75 Å². The number of para-hydroxylation sites is 1. The molecule has 9 heteroatoms. The molecular weight excluding hydrogens is 420 g/mol. The van der Waals surface area contributed by atoms with Crippen LogP contribution in [0.1, 0.15) is 29.6 Å². The molecule has 162 valence electrons. The number of fused-ring (bicyclic) bond motifs is 1. The second kappa shape index (κ2) is 8.52. The van der Waals surface area contributed by atoms with Crippen LogP contribution in [-0.2, 0) is 10.0 Å². The molecule has 1 N–H and O–H groups in total. The summed E-state index contributed by atoms with van der Waals surface area (Å²) in [4.78, 5) is 25.0. The van der Waals surface area contributed by atoms with E-state index in [0.29, 0.717) is 24.1 Å². The van der Waals surface area contributed by atoms with Gasteiger partial charge in [0.25, 0.3) is 5.91 Å². The van der Waals surface area contributed by atoms with E-state index in [1.807, 2.05) is 0 Å². The van der Waals surface area contributed by atoms with Gasteiger partial charge in [-0.05, 0) is 43.2 Å². The van der Waals surface area contributed by atoms with Crippen molar-refractivity contribution in [2.75, 3.05) is 25.5 Å². The fourth-order valence-corrected chi connectivity index (χ4v) is 5.32. The van der Waals surface area contributed by atoms with Crippen LogP contribution in [0.5, 0.6) is 5.75 Å². The molecule has 2 heterocycles. The minimum Gasteiger partial charge on any atom is -0.495 e. The van der Waals surface area contributed by atoms with Crippen LogP contribution in [0.2, 0.25) is 0 Å². The molecule has 0 aliphatic carbocycles. The van der Waals surface area contributed by atoms with Gasteiger partial charge < -0.3 is 14.5 Å². The summed E-state index contributed by atoms with van der Waals surface area (Å²) in [5.74, 6) is -0.500. The molecule has 3 aromatic rings. The standard InChI is InChI=1S/C22H22N2O6S/c1-29-19-10-9-16(14-20(19)31(27,28)24-11-5-2-6-12-24)23-21(25)17-13-15-7-3-4-8-18(15)30-22(17)26/h3-4,7-10,13-14H,2,5-6,11-12H2,1H3,(H,23,25). The van der Waals surface area contributed by atoms with Gasteiger partial charge in [0.15, 0.2) is 0 Å². The van der Waals surface area contributed by atoms with Gasteiger partial charge in [-0.2, -0.15) is 4.31 Å². The van der Waals surface area contributed by atoms with Crippen molar-refractivity contribution in [3.63, 3.8) is 0 Å². The summed E-state index contributed by atoms with van der Waals surface area (Å²) in [7, 11) is -2.40. The predicted octanol–water partition coefficient (Wildman–Crippen LogP) is 3.23. The number of nitrogens with zero attached hydrogens (tertiary/aromatic N) is 1. The van der Waals surface area contributed by atoms with E-state index in [1.54, 1.807) is 24.3 Å². The lowest BCUT2D eigenvalue weighted by atomic mass is 10.1. The normalized spacial score (nSPS) is 15.0. The molecule has 1 aromatic heterocycles. The maximum absolute atomic E-state index is 13.1. The van der Waals surface area contributed by atoms with Gasteiger partial charge >= 0.3 is 5.63 Å². The largest absolute Gasteiger partial charge is 0.495 e. The number of methoxy groups -OCH3 is 1. The lowest BCUT2D eigenvalue weighted by molar-refractivity contribution is 0.102. The Labute approximate surface area is 179 Å². The molecule has 1 amide bonds. The quantitative estimate of drug-likeness (QED) is 0.608. The summed E-state index contributed by atoms with van der Waals surface area (Å²) >= 11 is 0. The molecule has 2 aromatic carbocycles. The third-order valence-corrected chi connectivity index (χ3v) is 7.16. The van der Waals surface area contributed by atoms with Gasteiger partial charge in [0.2, 0.25) is 10.0 Å². The number of carbonyl (C=O) groups excluding carboxylic acids is 1. The number of rotatable bonds is 5. The van der Waals surface area contributed by atoms with Crippen molar-refractivity contribution >= 4 is 32.6 Å². The van der Waals surface area contributed by atoms with Crippen LogP contribution in [0.15, 0.2) is 62.6 Å². The fraction of sp³-hybridized carbons (Fsp3) is 0.273. The van der Waals surface area contributed by atoms with Gasteiger partial charge in [0.05, 0.1) is 7.11 Å². The molecule has 0 atom stereocenters. The van der Waals surface area contributed by atoms with Crippen molar-refractivity contribution in [2.45, 2.75) is 24.2 Å². The lowest BCUT2D eigenvalue weighted by Crippen LogP contribution is -2.35. The number of amides is 1. The number of hydrogen-bond acceptors (Lipinski definition) is 6. The fourth-order valence-electron chi connectivity index (χ4n) is 3.62. The number of sulfonamides is 1. The Morgan fingerprint density at radius 3 is 2.55 bits per heavy atom. The van der Waals surface area contributed by atoms with Gasteiger partial charge in [-0.25, -0.2) is 13.2 Å². The first-order valence-corrected chi connectivity index (χ1v) is 11.4. The summed E-state index contributed by atoms with van der Waals surface area (Å²) in [6.07, 6.45) is 2.60. The molecule has 1 saturated heterocycles. The van der Waals surface area contributed by atoms with E-state index >= 15 is 0 Å². The maximum Gasteiger partial charge on any atom is 0.349 e. The average Bonchev–Trinajstić information content (AvgIpc) is 2.79. The summed E-state index contributed by atoms with van der Waals surface area (Å²) < 4.78 is 38.2. The number of nitrogens with one attached hydrogen (secondary N) is 1. The van der Waals surface area contributed by atoms with Crippen molar-refractivity contribution < 1.29 is 22.4 Å². The van der Waals surface area contributed by atoms with Crippen LogP contribution in [0.25, 0.3) is 11.0 Å². The molecule has 0 radical (unpaired) electrons. The maximum atomic E-state index is 13.1. The lowest BCUT2D eigenvalue weighted by Gasteiger charge is -2.26. The number of anilines is 1. The van der Waals surface area contributed by atoms with Gasteiger partial charge in [0.1, 0.15) is 21.8 Å². The second-order valence-corrected chi connectivity index (χ2v) is 9.18. The highest BCUT2D eigenvalue weighted by Gasteiger charge is 2.29. The van der Waals surface area contributed by atoms with Crippen LogP contribution in [0, 0.1) is 0 Å². The van der Waals surface area contributed by atoms with E-state index in [4.69, 9.17) is 9.15 Å². The smallest absolute Gasteiger partial charge is 0.349 e. The van der Waals surface area contributed by atoms with Crippen LogP contribution in [0.4, 0.5) is 5.69 Å². The molecule has 1 fully saturated rings. The van der Waals surface area contributed by atoms with Gasteiger partial charge in [0, 0.05) is 24.2 Å². The third kappa shape index (κ3) is 4.19. The summed E-state index contributed by atoms with van der Waals surface area (Å²) in [6.45, 7) is 0.889. The van der Waals surface area contributed by atoms with Crippen LogP contribution in [0.3, 0.4) is 0 Å². The molecular formula is C22H22N2O6S. The zero-order valence-electron chi connectivity index (χ0n) is 17.0. The van der Waals surface area contributed by atoms with E-state index in [9.17, 15) is 18.0 Å². The highest BCUT2D eigenvalue weighted by Crippen LogP contribution is 2.31. The van der Waals surface area contributed by atoms with E-state index in [2.05, 4.69) is 5.32 Å². The molecule has 1 aliphatic rings. The summed E-state index contributed by atoms with van der Waals surface area (Å²) in [5, 5.41) is 3.20. The van der Waals surface area contributed by atoms with Gasteiger partial charge in [-0.3, -0.25) is 4.79 Å². The van der Waals surface area contributed by atoms with Crippen LogP contribution >= 0.6 is 0 Å². The Balaban J connectivity index is 1.66. The van der Waals surface area contributed by atoms with Crippen molar-refractivity contribution in [2.24, 2.45) is 0 Å². The minimum absolute atomic E-state index is 0.0276. The minimum atomic E-state index is -3.79. The topological polar surface area (TPSA) is 106 Å². The Hall–Kier alpha value is -3.17. The summed E-state index contributed by atoms with van der Waals surface area (Å²) in [6, 6.07) is 12.7. The average molecular weight is 442 g/mol. The van der Waals surface area contributed by atoms with Crippen LogP contribution in [-0.4, -0.2) is 38.8 Å². The first-order chi connectivity index (χ1) is 14.9. The Bertz CT molecular complexity index is 1290. The zero-order valence-corrected chi connectivity index (χ0v) is 17.8. The number of piperidine rings is 1. The molecule has 1 aliphatic heterocycles. The molecule has 0 bridgehead atoms. The van der Waals surface area contributed by atoms with Crippen molar-refractivity contribution in [1.82, 2.24) is 4.31 Å². The number of ether oxygens (including phenoxy) is 1. The Morgan fingerprint density at radius 1 is 1.06 bits per heavy atom. The highest BCUT2D eigenvalue weighted by molar-refractivity contribution is 7.89. The highest BCUT2D eigenvalue weighted by atomic mass is 32.2. The summed E-state index contributed by atoms with van der Waals surface area (Å²) in [5.41, 5.74) is -0.335. The first-order valence-electron chi connectivity index (χ1n) is 9.92. The van der Waals surface area contributed by atoms with Crippen LogP contribution < -0.4 is 15.7 Å². The molecule has 4 rings (SSSR count). The molecule has 0 spiro atoms. The van der Waals surface area contributed by atoms with Gasteiger partial charge in [-0.1, -0.05) is 24.6 Å². The molecule has 0 saturated carbocycles. The van der Waals surface area contributed by atoms with E-state index < -0.39 is 21.6 Å². The third-order valence-electron chi connectivity index (χ3n) is 5.24. The van der Waals surface area contributed by atoms with E-state index in [1.165, 1.54) is 35.7 Å². The van der Waals surface area contributed by atoms with E-state index in [0.717, 1.165) is 19.3 Å². The predicted molar refractivity (Wildman–Crippen MR) is 116 cm³/mol. The van der Waals surface area contributed by atoms with Gasteiger partial charge in [-0.15, -0.1) is 0 Å². The van der Waals surface area contributed by atoms with Crippen molar-refractivity contribution in [3.05, 3.63) is 64.5 Å². The monoisotopic (exact) mass is 442 g/mol. The number of hydrogen-bond donors (Lipinski definition) is 1. The van der Waals surface area contributed by atoms with E-state index in [-0.39, 0.29) is 21.9 Å². The Morgan fingerprint density at radius 2 is 1.81 bits per heavy atom. The van der Waals surface area contributed by atoms with Crippen molar-refractivity contribution in [1.29, 1.82) is 0 Å². The number of carbonyl (C=O) groups is 1. The zero-order chi connectivity index (χ0) is 22.0. The second-order valence-electron chi connectivity index (χ2n) is 7.27. The molecule has 31 heavy (non-hydrogen) atoms. The molecule has 8 nitrogen and oxygen atoms in total. The SMILES string of the molecule is COc1ccc(NC(=O)c2cc3ccccc3oc2=O)cc1S(=O)(=O)N1CCCCC1. The Kier molecular flexibility index (Phi) is 5.79.